The Balaban J connectivity index is 1.67. The molecule has 0 spiro atoms. The SMILES string of the molecule is COc1cccc(C(CNC(=O)Nc2ccccc2)N2CCCCC2)c1. The molecule has 0 aliphatic carbocycles. The van der Waals surface area contributed by atoms with Gasteiger partial charge >= 0.3 is 6.03 Å². The quantitative estimate of drug-likeness (QED) is 0.824. The zero-order valence-corrected chi connectivity index (χ0v) is 15.3. The first kappa shape index (κ1) is 18.3. The summed E-state index contributed by atoms with van der Waals surface area (Å²) in [5, 5.41) is 5.91. The van der Waals surface area contributed by atoms with E-state index in [2.05, 4.69) is 27.7 Å². The number of urea groups is 1. The van der Waals surface area contributed by atoms with E-state index in [0.29, 0.717) is 6.54 Å². The monoisotopic (exact) mass is 353 g/mol. The van der Waals surface area contributed by atoms with Gasteiger partial charge in [-0.1, -0.05) is 36.8 Å². The first-order valence-corrected chi connectivity index (χ1v) is 9.24. The minimum absolute atomic E-state index is 0.145. The number of carbonyl (C=O) groups excluding carboxylic acids is 1. The lowest BCUT2D eigenvalue weighted by Crippen LogP contribution is -2.41. The maximum Gasteiger partial charge on any atom is 0.319 e. The van der Waals surface area contributed by atoms with Crippen LogP contribution in [0.25, 0.3) is 0 Å². The van der Waals surface area contributed by atoms with E-state index in [-0.39, 0.29) is 12.1 Å². The summed E-state index contributed by atoms with van der Waals surface area (Å²) >= 11 is 0. The Bertz CT molecular complexity index is 699. The van der Waals surface area contributed by atoms with E-state index in [1.54, 1.807) is 7.11 Å². The van der Waals surface area contributed by atoms with Crippen LogP contribution < -0.4 is 15.4 Å². The predicted octanol–water partition coefficient (Wildman–Crippen LogP) is 4.04. The van der Waals surface area contributed by atoms with E-state index in [1.807, 2.05) is 42.5 Å². The lowest BCUT2D eigenvalue weighted by atomic mass is 10.0. The standard InChI is InChI=1S/C21H27N3O2/c1-26-19-12-8-9-17(15-19)20(24-13-6-3-7-14-24)16-22-21(25)23-18-10-4-2-5-11-18/h2,4-5,8-12,15,20H,3,6-7,13-14,16H2,1H3,(H2,22,23,25). The zero-order chi connectivity index (χ0) is 18.2. The average molecular weight is 353 g/mol. The Morgan fingerprint density at radius 3 is 2.58 bits per heavy atom. The van der Waals surface area contributed by atoms with Crippen LogP contribution in [0.4, 0.5) is 10.5 Å². The normalized spacial score (nSPS) is 15.9. The fourth-order valence-corrected chi connectivity index (χ4v) is 3.42. The van der Waals surface area contributed by atoms with Gasteiger partial charge in [0, 0.05) is 12.2 Å². The molecule has 1 unspecified atom stereocenters. The lowest BCUT2D eigenvalue weighted by molar-refractivity contribution is 0.161. The molecule has 2 aromatic carbocycles. The second-order valence-electron chi connectivity index (χ2n) is 6.59. The van der Waals surface area contributed by atoms with E-state index in [4.69, 9.17) is 4.74 Å². The van der Waals surface area contributed by atoms with E-state index in [0.717, 1.165) is 24.5 Å². The van der Waals surface area contributed by atoms with Crippen molar-refractivity contribution in [2.75, 3.05) is 32.1 Å². The van der Waals surface area contributed by atoms with Crippen LogP contribution in [0, 0.1) is 0 Å². The van der Waals surface area contributed by atoms with Crippen molar-refractivity contribution in [3.8, 4) is 5.75 Å². The largest absolute Gasteiger partial charge is 0.497 e. The fraction of sp³-hybridized carbons (Fsp3) is 0.381. The number of nitrogens with one attached hydrogen (secondary N) is 2. The predicted molar refractivity (Wildman–Crippen MR) is 105 cm³/mol. The van der Waals surface area contributed by atoms with Crippen LogP contribution in [0.1, 0.15) is 30.9 Å². The highest BCUT2D eigenvalue weighted by molar-refractivity contribution is 5.89. The molecule has 2 aromatic rings. The molecule has 2 amide bonds. The lowest BCUT2D eigenvalue weighted by Gasteiger charge is -2.35. The topological polar surface area (TPSA) is 53.6 Å². The fourth-order valence-electron chi connectivity index (χ4n) is 3.42. The summed E-state index contributed by atoms with van der Waals surface area (Å²) in [6.07, 6.45) is 3.69. The van der Waals surface area contributed by atoms with Crippen molar-refractivity contribution in [1.82, 2.24) is 10.2 Å². The minimum Gasteiger partial charge on any atom is -0.497 e. The molecule has 1 aliphatic heterocycles. The second kappa shape index (κ2) is 9.25. The van der Waals surface area contributed by atoms with Gasteiger partial charge < -0.3 is 15.4 Å². The maximum atomic E-state index is 12.3. The third-order valence-corrected chi connectivity index (χ3v) is 4.80. The van der Waals surface area contributed by atoms with Crippen molar-refractivity contribution in [1.29, 1.82) is 0 Å². The molecule has 0 bridgehead atoms. The molecule has 0 saturated carbocycles. The number of benzene rings is 2. The van der Waals surface area contributed by atoms with Gasteiger partial charge in [-0.05, 0) is 55.8 Å². The summed E-state index contributed by atoms with van der Waals surface area (Å²) < 4.78 is 5.38. The second-order valence-corrected chi connectivity index (χ2v) is 6.59. The highest BCUT2D eigenvalue weighted by Crippen LogP contribution is 2.26. The Hall–Kier alpha value is -2.53. The van der Waals surface area contributed by atoms with E-state index < -0.39 is 0 Å². The van der Waals surface area contributed by atoms with Gasteiger partial charge in [-0.25, -0.2) is 4.79 Å². The van der Waals surface area contributed by atoms with Crippen LogP contribution in [0.2, 0.25) is 0 Å². The number of rotatable bonds is 6. The molecule has 0 aromatic heterocycles. The molecule has 1 atom stereocenters. The van der Waals surface area contributed by atoms with Gasteiger partial charge in [-0.2, -0.15) is 0 Å². The summed E-state index contributed by atoms with van der Waals surface area (Å²) in [4.78, 5) is 14.7. The highest BCUT2D eigenvalue weighted by atomic mass is 16.5. The molecule has 3 rings (SSSR count). The molecule has 1 heterocycles. The van der Waals surface area contributed by atoms with Crippen molar-refractivity contribution < 1.29 is 9.53 Å². The number of ether oxygens (including phenoxy) is 1. The van der Waals surface area contributed by atoms with Gasteiger partial charge in [0.05, 0.1) is 13.2 Å². The summed E-state index contributed by atoms with van der Waals surface area (Å²) in [6.45, 7) is 2.68. The third-order valence-electron chi connectivity index (χ3n) is 4.80. The van der Waals surface area contributed by atoms with Gasteiger partial charge in [0.1, 0.15) is 5.75 Å². The number of likely N-dealkylation sites (tertiary alicyclic amines) is 1. The van der Waals surface area contributed by atoms with Crippen molar-refractivity contribution in [2.24, 2.45) is 0 Å². The minimum atomic E-state index is -0.180. The Morgan fingerprint density at radius 2 is 1.85 bits per heavy atom. The van der Waals surface area contributed by atoms with Gasteiger partial charge in [0.15, 0.2) is 0 Å². The summed E-state index contributed by atoms with van der Waals surface area (Å²) in [6, 6.07) is 17.6. The van der Waals surface area contributed by atoms with Crippen LogP contribution in [0.5, 0.6) is 5.75 Å². The number of para-hydroxylation sites is 1. The van der Waals surface area contributed by atoms with E-state index in [9.17, 15) is 4.79 Å². The van der Waals surface area contributed by atoms with Crippen molar-refractivity contribution >= 4 is 11.7 Å². The molecule has 138 valence electrons. The Morgan fingerprint density at radius 1 is 1.08 bits per heavy atom. The number of hydrogen-bond donors (Lipinski definition) is 2. The number of methoxy groups -OCH3 is 1. The van der Waals surface area contributed by atoms with Crippen LogP contribution in [-0.4, -0.2) is 37.7 Å². The maximum absolute atomic E-state index is 12.3. The van der Waals surface area contributed by atoms with Crippen LogP contribution in [-0.2, 0) is 0 Å². The van der Waals surface area contributed by atoms with Crippen molar-refractivity contribution in [3.63, 3.8) is 0 Å². The van der Waals surface area contributed by atoms with Gasteiger partial charge in [-0.15, -0.1) is 0 Å². The van der Waals surface area contributed by atoms with E-state index >= 15 is 0 Å². The van der Waals surface area contributed by atoms with Gasteiger partial charge in [-0.3, -0.25) is 4.90 Å². The number of carbonyl (C=O) groups is 1. The zero-order valence-electron chi connectivity index (χ0n) is 15.3. The molecular formula is C21H27N3O2. The summed E-state index contributed by atoms with van der Waals surface area (Å²) in [5.41, 5.74) is 1.96. The first-order chi connectivity index (χ1) is 12.8. The first-order valence-electron chi connectivity index (χ1n) is 9.24. The third kappa shape index (κ3) is 4.99. The Labute approximate surface area is 155 Å². The molecule has 5 heteroatoms. The van der Waals surface area contributed by atoms with Gasteiger partial charge in [0.2, 0.25) is 0 Å². The molecule has 5 nitrogen and oxygen atoms in total. The summed E-state index contributed by atoms with van der Waals surface area (Å²) in [7, 11) is 1.68. The van der Waals surface area contributed by atoms with Crippen molar-refractivity contribution in [3.05, 3.63) is 60.2 Å². The molecule has 26 heavy (non-hydrogen) atoms. The highest BCUT2D eigenvalue weighted by Gasteiger charge is 2.23. The van der Waals surface area contributed by atoms with Gasteiger partial charge in [0.25, 0.3) is 0 Å². The van der Waals surface area contributed by atoms with Crippen LogP contribution >= 0.6 is 0 Å². The van der Waals surface area contributed by atoms with Crippen molar-refractivity contribution in [2.45, 2.75) is 25.3 Å². The number of nitrogens with zero attached hydrogens (tertiary/aromatic N) is 1. The average Bonchev–Trinajstić information content (AvgIpc) is 2.70. The molecule has 0 radical (unpaired) electrons. The number of hydrogen-bond acceptors (Lipinski definition) is 3. The van der Waals surface area contributed by atoms with E-state index in [1.165, 1.54) is 24.8 Å². The number of amides is 2. The molecule has 1 fully saturated rings. The molecular weight excluding hydrogens is 326 g/mol. The number of anilines is 1. The molecule has 2 N–H and O–H groups in total. The Kier molecular flexibility index (Phi) is 6.50. The molecule has 1 aliphatic rings. The van der Waals surface area contributed by atoms with Crippen LogP contribution in [0.15, 0.2) is 54.6 Å². The smallest absolute Gasteiger partial charge is 0.319 e. The number of piperidine rings is 1. The summed E-state index contributed by atoms with van der Waals surface area (Å²) in [5.74, 6) is 0.846. The molecule has 1 saturated heterocycles. The van der Waals surface area contributed by atoms with Crippen LogP contribution in [0.3, 0.4) is 0 Å².